The van der Waals surface area contributed by atoms with Crippen LogP contribution in [0.25, 0.3) is 0 Å². The van der Waals surface area contributed by atoms with E-state index in [9.17, 15) is 19.5 Å². The van der Waals surface area contributed by atoms with E-state index < -0.39 is 23.5 Å². The van der Waals surface area contributed by atoms with Crippen molar-refractivity contribution in [3.63, 3.8) is 0 Å². The van der Waals surface area contributed by atoms with Crippen molar-refractivity contribution in [1.82, 2.24) is 10.2 Å². The molecule has 19 heavy (non-hydrogen) atoms. The van der Waals surface area contributed by atoms with E-state index in [1.807, 2.05) is 6.92 Å². The van der Waals surface area contributed by atoms with Crippen LogP contribution in [-0.2, 0) is 14.4 Å². The molecule has 1 aliphatic heterocycles. The van der Waals surface area contributed by atoms with E-state index in [0.29, 0.717) is 24.5 Å². The van der Waals surface area contributed by atoms with Crippen LogP contribution in [0.15, 0.2) is 0 Å². The van der Waals surface area contributed by atoms with Gasteiger partial charge in [0.05, 0.1) is 5.88 Å². The highest BCUT2D eigenvalue weighted by Gasteiger charge is 2.39. The number of carbonyl (C=O) groups excluding carboxylic acids is 2. The third kappa shape index (κ3) is 3.62. The highest BCUT2D eigenvalue weighted by molar-refractivity contribution is 7.99. The lowest BCUT2D eigenvalue weighted by molar-refractivity contribution is -0.148. The highest BCUT2D eigenvalue weighted by Crippen LogP contribution is 2.22. The minimum absolute atomic E-state index is 0.169. The molecule has 0 spiro atoms. The van der Waals surface area contributed by atoms with E-state index in [0.717, 1.165) is 0 Å². The zero-order valence-corrected chi connectivity index (χ0v) is 12.2. The number of hydrogen-bond acceptors (Lipinski definition) is 4. The molecule has 1 aliphatic rings. The average molecular weight is 288 g/mol. The van der Waals surface area contributed by atoms with E-state index in [1.54, 1.807) is 0 Å². The molecule has 0 radical (unpaired) electrons. The standard InChI is InChI=1S/C12H20N2O4S/c1-4-5-12(3,11(17)18)13-10(16)9-6-19-7-14(9)8(2)15/h9H,4-7H2,1-3H3,(H,13,16)(H,17,18)/t9-,12+/m1/s1. The van der Waals surface area contributed by atoms with Gasteiger partial charge in [-0.15, -0.1) is 11.8 Å². The first-order valence-electron chi connectivity index (χ1n) is 6.22. The molecule has 0 aromatic carbocycles. The lowest BCUT2D eigenvalue weighted by Gasteiger charge is -2.29. The molecule has 0 bridgehead atoms. The third-order valence-electron chi connectivity index (χ3n) is 3.21. The van der Waals surface area contributed by atoms with Gasteiger partial charge < -0.3 is 15.3 Å². The number of aliphatic carboxylic acids is 1. The quantitative estimate of drug-likeness (QED) is 0.776. The Labute approximate surface area is 116 Å². The first kappa shape index (κ1) is 15.8. The van der Waals surface area contributed by atoms with Crippen molar-refractivity contribution < 1.29 is 19.5 Å². The SMILES string of the molecule is CCC[C@](C)(NC(=O)[C@H]1CSCN1C(C)=O)C(=O)O. The van der Waals surface area contributed by atoms with Crippen LogP contribution in [0, 0.1) is 0 Å². The Balaban J connectivity index is 2.77. The fraction of sp³-hybridized carbons (Fsp3) is 0.750. The van der Waals surface area contributed by atoms with Crippen molar-refractivity contribution in [2.45, 2.75) is 45.2 Å². The predicted molar refractivity (Wildman–Crippen MR) is 72.7 cm³/mol. The first-order chi connectivity index (χ1) is 8.81. The largest absolute Gasteiger partial charge is 0.480 e. The van der Waals surface area contributed by atoms with Crippen LogP contribution in [0.5, 0.6) is 0 Å². The molecule has 2 atom stereocenters. The molecule has 1 saturated heterocycles. The maximum atomic E-state index is 12.2. The number of nitrogens with one attached hydrogen (secondary N) is 1. The monoisotopic (exact) mass is 288 g/mol. The summed E-state index contributed by atoms with van der Waals surface area (Å²) in [5.41, 5.74) is -1.28. The lowest BCUT2D eigenvalue weighted by atomic mass is 9.96. The third-order valence-corrected chi connectivity index (χ3v) is 4.22. The zero-order chi connectivity index (χ0) is 14.6. The van der Waals surface area contributed by atoms with Gasteiger partial charge in [0.15, 0.2) is 0 Å². The molecular weight excluding hydrogens is 268 g/mol. The van der Waals surface area contributed by atoms with Crippen LogP contribution in [0.3, 0.4) is 0 Å². The second-order valence-electron chi connectivity index (χ2n) is 4.88. The topological polar surface area (TPSA) is 86.7 Å². The summed E-state index contributed by atoms with van der Waals surface area (Å²) in [6.07, 6.45) is 1.01. The fourth-order valence-corrected chi connectivity index (χ4v) is 3.27. The number of amides is 2. The molecular formula is C12H20N2O4S. The second-order valence-corrected chi connectivity index (χ2v) is 5.88. The van der Waals surface area contributed by atoms with E-state index in [4.69, 9.17) is 0 Å². The molecule has 0 aromatic rings. The molecule has 0 aromatic heterocycles. The van der Waals surface area contributed by atoms with Crippen LogP contribution in [0.4, 0.5) is 0 Å². The Morgan fingerprint density at radius 2 is 2.11 bits per heavy atom. The van der Waals surface area contributed by atoms with Crippen LogP contribution in [0.1, 0.15) is 33.6 Å². The summed E-state index contributed by atoms with van der Waals surface area (Å²) in [5.74, 6) is -0.628. The Kier molecular flexibility index (Phi) is 5.22. The van der Waals surface area contributed by atoms with Gasteiger partial charge in [0.25, 0.3) is 0 Å². The van der Waals surface area contributed by atoms with E-state index >= 15 is 0 Å². The summed E-state index contributed by atoms with van der Waals surface area (Å²) in [4.78, 5) is 36.3. The molecule has 2 N–H and O–H groups in total. The summed E-state index contributed by atoms with van der Waals surface area (Å²) >= 11 is 1.49. The number of carboxylic acid groups (broad SMARTS) is 1. The van der Waals surface area contributed by atoms with Crippen molar-refractivity contribution >= 4 is 29.5 Å². The molecule has 1 fully saturated rings. The highest BCUT2D eigenvalue weighted by atomic mass is 32.2. The van der Waals surface area contributed by atoms with Gasteiger partial charge in [-0.25, -0.2) is 4.79 Å². The molecule has 0 aliphatic carbocycles. The number of hydrogen-bond donors (Lipinski definition) is 2. The van der Waals surface area contributed by atoms with Gasteiger partial charge in [0.2, 0.25) is 11.8 Å². The number of nitrogens with zero attached hydrogens (tertiary/aromatic N) is 1. The maximum absolute atomic E-state index is 12.2. The smallest absolute Gasteiger partial charge is 0.329 e. The normalized spacial score (nSPS) is 21.8. The molecule has 6 nitrogen and oxygen atoms in total. The molecule has 1 heterocycles. The number of rotatable bonds is 5. The van der Waals surface area contributed by atoms with Gasteiger partial charge in [-0.1, -0.05) is 13.3 Å². The Bertz CT molecular complexity index is 388. The number of carboxylic acids is 1. The van der Waals surface area contributed by atoms with Crippen molar-refractivity contribution in [2.75, 3.05) is 11.6 Å². The van der Waals surface area contributed by atoms with Crippen LogP contribution in [-0.4, -0.2) is 51.0 Å². The van der Waals surface area contributed by atoms with E-state index in [1.165, 1.54) is 30.5 Å². The van der Waals surface area contributed by atoms with Crippen molar-refractivity contribution in [2.24, 2.45) is 0 Å². The number of carbonyl (C=O) groups is 3. The van der Waals surface area contributed by atoms with Crippen LogP contribution >= 0.6 is 11.8 Å². The zero-order valence-electron chi connectivity index (χ0n) is 11.4. The minimum Gasteiger partial charge on any atom is -0.480 e. The van der Waals surface area contributed by atoms with Gasteiger partial charge in [-0.3, -0.25) is 9.59 Å². The molecule has 7 heteroatoms. The Hall–Kier alpha value is -1.24. The molecule has 0 saturated carbocycles. The average Bonchev–Trinajstić information content (AvgIpc) is 2.77. The Morgan fingerprint density at radius 1 is 1.47 bits per heavy atom. The molecule has 2 amide bonds. The molecule has 1 rings (SSSR count). The maximum Gasteiger partial charge on any atom is 0.329 e. The second kappa shape index (κ2) is 6.27. The first-order valence-corrected chi connectivity index (χ1v) is 7.37. The van der Waals surface area contributed by atoms with E-state index in [-0.39, 0.29) is 5.91 Å². The molecule has 0 unspecified atom stereocenters. The van der Waals surface area contributed by atoms with Gasteiger partial charge >= 0.3 is 5.97 Å². The Morgan fingerprint density at radius 3 is 2.58 bits per heavy atom. The summed E-state index contributed by atoms with van der Waals surface area (Å²) in [6, 6.07) is -0.571. The minimum atomic E-state index is -1.28. The summed E-state index contributed by atoms with van der Waals surface area (Å²) < 4.78 is 0. The number of thioether (sulfide) groups is 1. The summed E-state index contributed by atoms with van der Waals surface area (Å²) in [5, 5.41) is 11.8. The van der Waals surface area contributed by atoms with Crippen molar-refractivity contribution in [1.29, 1.82) is 0 Å². The van der Waals surface area contributed by atoms with Crippen molar-refractivity contribution in [3.8, 4) is 0 Å². The van der Waals surface area contributed by atoms with Gasteiger partial charge in [0, 0.05) is 12.7 Å². The summed E-state index contributed by atoms with van der Waals surface area (Å²) in [6.45, 7) is 4.77. The van der Waals surface area contributed by atoms with Gasteiger partial charge in [0.1, 0.15) is 11.6 Å². The van der Waals surface area contributed by atoms with Crippen LogP contribution < -0.4 is 5.32 Å². The lowest BCUT2D eigenvalue weighted by Crippen LogP contribution is -2.57. The van der Waals surface area contributed by atoms with Gasteiger partial charge in [-0.05, 0) is 13.3 Å². The van der Waals surface area contributed by atoms with Gasteiger partial charge in [-0.2, -0.15) is 0 Å². The van der Waals surface area contributed by atoms with E-state index in [2.05, 4.69) is 5.32 Å². The summed E-state index contributed by atoms with van der Waals surface area (Å²) in [7, 11) is 0. The van der Waals surface area contributed by atoms with Crippen molar-refractivity contribution in [3.05, 3.63) is 0 Å². The predicted octanol–water partition coefficient (Wildman–Crippen LogP) is 0.667. The molecule has 108 valence electrons. The van der Waals surface area contributed by atoms with Crippen LogP contribution in [0.2, 0.25) is 0 Å². The fourth-order valence-electron chi connectivity index (χ4n) is 2.05.